The minimum Gasteiger partial charge on any atom is -0.391 e. The van der Waals surface area contributed by atoms with Crippen LogP contribution in [0.4, 0.5) is 0 Å². The van der Waals surface area contributed by atoms with Crippen LogP contribution in [0.15, 0.2) is 18.2 Å². The third kappa shape index (κ3) is 2.95. The molecule has 4 nitrogen and oxygen atoms in total. The number of β-amino-alcohol motifs (C(OH)–C–C–N with tert-alkyl or cyclic N) is 1. The normalized spacial score (nSPS) is 18.1. The fraction of sp³-hybridized carbons (Fsp3) is 0.400. The molecule has 1 aliphatic heterocycles. The number of rotatable bonds is 1. The monoisotopic (exact) mass is 259 g/mol. The lowest BCUT2D eigenvalue weighted by Crippen LogP contribution is -2.30. The first kappa shape index (κ1) is 13.6. The van der Waals surface area contributed by atoms with Gasteiger partial charge in [0.25, 0.3) is 5.91 Å². The Balaban J connectivity index is 2.27. The number of aliphatic hydroxyl groups excluding tert-OH is 2. The van der Waals surface area contributed by atoms with Crippen LogP contribution in [0.1, 0.15) is 27.9 Å². The number of hydrogen-bond acceptors (Lipinski definition) is 3. The second-order valence-electron chi connectivity index (χ2n) is 4.63. The van der Waals surface area contributed by atoms with E-state index in [1.807, 2.05) is 13.0 Å². The molecule has 19 heavy (non-hydrogen) atoms. The van der Waals surface area contributed by atoms with Crippen molar-refractivity contribution in [3.8, 4) is 11.8 Å². The minimum atomic E-state index is -0.415. The SMILES string of the molecule is Cc1c(C#CCO)cccc1C(=O)N1CCC(O)C1. The molecule has 1 amide bonds. The molecular formula is C15H17NO3. The molecule has 1 heterocycles. The van der Waals surface area contributed by atoms with Crippen LogP contribution in [0.3, 0.4) is 0 Å². The Kier molecular flexibility index (Phi) is 4.20. The number of carbonyl (C=O) groups excluding carboxylic acids is 1. The van der Waals surface area contributed by atoms with E-state index < -0.39 is 6.10 Å². The van der Waals surface area contributed by atoms with Gasteiger partial charge in [0.05, 0.1) is 6.10 Å². The van der Waals surface area contributed by atoms with Crippen molar-refractivity contribution in [2.45, 2.75) is 19.4 Å². The third-order valence-corrected chi connectivity index (χ3v) is 3.32. The fourth-order valence-corrected chi connectivity index (χ4v) is 2.23. The molecule has 0 aromatic heterocycles. The number of nitrogens with zero attached hydrogens (tertiary/aromatic N) is 1. The molecular weight excluding hydrogens is 242 g/mol. The van der Waals surface area contributed by atoms with Crippen molar-refractivity contribution < 1.29 is 15.0 Å². The molecule has 1 fully saturated rings. The standard InChI is InChI=1S/C15H17NO3/c1-11-12(5-3-9-17)4-2-6-14(11)15(19)16-8-7-13(18)10-16/h2,4,6,13,17-18H,7-10H2,1H3. The van der Waals surface area contributed by atoms with Gasteiger partial charge >= 0.3 is 0 Å². The number of likely N-dealkylation sites (tertiary alicyclic amines) is 1. The Morgan fingerprint density at radius 2 is 2.32 bits per heavy atom. The highest BCUT2D eigenvalue weighted by molar-refractivity contribution is 5.96. The van der Waals surface area contributed by atoms with Crippen LogP contribution in [0.25, 0.3) is 0 Å². The lowest BCUT2D eigenvalue weighted by atomic mass is 10.0. The average molecular weight is 259 g/mol. The topological polar surface area (TPSA) is 60.8 Å². The van der Waals surface area contributed by atoms with Crippen molar-refractivity contribution in [2.24, 2.45) is 0 Å². The number of benzene rings is 1. The second-order valence-corrected chi connectivity index (χ2v) is 4.63. The van der Waals surface area contributed by atoms with E-state index in [0.717, 1.165) is 11.1 Å². The van der Waals surface area contributed by atoms with Crippen molar-refractivity contribution in [1.29, 1.82) is 0 Å². The largest absolute Gasteiger partial charge is 0.391 e. The molecule has 2 rings (SSSR count). The van der Waals surface area contributed by atoms with Gasteiger partial charge in [-0.3, -0.25) is 4.79 Å². The first-order chi connectivity index (χ1) is 9.13. The summed E-state index contributed by atoms with van der Waals surface area (Å²) in [5.41, 5.74) is 2.17. The lowest BCUT2D eigenvalue weighted by Gasteiger charge is -2.17. The van der Waals surface area contributed by atoms with Gasteiger partial charge in [0, 0.05) is 24.2 Å². The molecule has 4 heteroatoms. The van der Waals surface area contributed by atoms with Gasteiger partial charge < -0.3 is 15.1 Å². The molecule has 0 radical (unpaired) electrons. The molecule has 1 saturated heterocycles. The van der Waals surface area contributed by atoms with E-state index in [9.17, 15) is 9.90 Å². The first-order valence-electron chi connectivity index (χ1n) is 6.30. The molecule has 2 N–H and O–H groups in total. The van der Waals surface area contributed by atoms with Crippen LogP contribution in [-0.4, -0.2) is 46.8 Å². The second kappa shape index (κ2) is 5.87. The summed E-state index contributed by atoms with van der Waals surface area (Å²) >= 11 is 0. The van der Waals surface area contributed by atoms with Gasteiger partial charge in [-0.2, -0.15) is 0 Å². The van der Waals surface area contributed by atoms with E-state index in [0.29, 0.717) is 25.1 Å². The van der Waals surface area contributed by atoms with Crippen LogP contribution in [0.2, 0.25) is 0 Å². The molecule has 1 aliphatic rings. The van der Waals surface area contributed by atoms with Crippen molar-refractivity contribution in [3.05, 3.63) is 34.9 Å². The summed E-state index contributed by atoms with van der Waals surface area (Å²) in [6.45, 7) is 2.63. The van der Waals surface area contributed by atoms with Gasteiger partial charge in [0.1, 0.15) is 6.61 Å². The lowest BCUT2D eigenvalue weighted by molar-refractivity contribution is 0.0764. The highest BCUT2D eigenvalue weighted by Gasteiger charge is 2.26. The maximum Gasteiger partial charge on any atom is 0.254 e. The van der Waals surface area contributed by atoms with Crippen molar-refractivity contribution >= 4 is 5.91 Å². The van der Waals surface area contributed by atoms with E-state index in [-0.39, 0.29) is 12.5 Å². The van der Waals surface area contributed by atoms with Crippen LogP contribution in [0.5, 0.6) is 0 Å². The predicted molar refractivity (Wildman–Crippen MR) is 71.7 cm³/mol. The molecule has 100 valence electrons. The highest BCUT2D eigenvalue weighted by Crippen LogP contribution is 2.18. The van der Waals surface area contributed by atoms with E-state index in [1.54, 1.807) is 17.0 Å². The zero-order valence-electron chi connectivity index (χ0n) is 10.9. The Bertz CT molecular complexity index is 542. The van der Waals surface area contributed by atoms with Crippen molar-refractivity contribution in [1.82, 2.24) is 4.90 Å². The quantitative estimate of drug-likeness (QED) is 0.724. The summed E-state index contributed by atoms with van der Waals surface area (Å²) in [6.07, 6.45) is 0.219. The Morgan fingerprint density at radius 3 is 2.95 bits per heavy atom. The van der Waals surface area contributed by atoms with E-state index in [1.165, 1.54) is 0 Å². The van der Waals surface area contributed by atoms with Gasteiger partial charge in [-0.15, -0.1) is 0 Å². The van der Waals surface area contributed by atoms with Crippen LogP contribution in [0, 0.1) is 18.8 Å². The first-order valence-corrected chi connectivity index (χ1v) is 6.30. The average Bonchev–Trinajstić information content (AvgIpc) is 2.83. The van der Waals surface area contributed by atoms with E-state index >= 15 is 0 Å². The predicted octanol–water partition coefficient (Wildman–Crippen LogP) is 0.546. The van der Waals surface area contributed by atoms with Crippen LogP contribution < -0.4 is 0 Å². The molecule has 0 aliphatic carbocycles. The van der Waals surface area contributed by atoms with Crippen LogP contribution in [-0.2, 0) is 0 Å². The maximum absolute atomic E-state index is 12.4. The zero-order chi connectivity index (χ0) is 13.8. The molecule has 0 saturated carbocycles. The molecule has 1 aromatic rings. The Morgan fingerprint density at radius 1 is 1.53 bits per heavy atom. The molecule has 0 spiro atoms. The maximum atomic E-state index is 12.4. The Labute approximate surface area is 112 Å². The zero-order valence-corrected chi connectivity index (χ0v) is 10.9. The minimum absolute atomic E-state index is 0.0679. The number of aliphatic hydroxyl groups is 2. The van der Waals surface area contributed by atoms with Gasteiger partial charge in [0.2, 0.25) is 0 Å². The summed E-state index contributed by atoms with van der Waals surface area (Å²) in [7, 11) is 0. The van der Waals surface area contributed by atoms with E-state index in [2.05, 4.69) is 11.8 Å². The molecule has 1 unspecified atom stereocenters. The summed E-state index contributed by atoms with van der Waals surface area (Å²) in [5.74, 6) is 5.36. The summed E-state index contributed by atoms with van der Waals surface area (Å²) in [6, 6.07) is 5.38. The van der Waals surface area contributed by atoms with Gasteiger partial charge in [0.15, 0.2) is 0 Å². The highest BCUT2D eigenvalue weighted by atomic mass is 16.3. The number of carbonyl (C=O) groups is 1. The molecule has 1 aromatic carbocycles. The molecule has 0 bridgehead atoms. The smallest absolute Gasteiger partial charge is 0.254 e. The van der Waals surface area contributed by atoms with Gasteiger partial charge in [-0.05, 0) is 31.0 Å². The van der Waals surface area contributed by atoms with Crippen molar-refractivity contribution in [2.75, 3.05) is 19.7 Å². The summed E-state index contributed by atoms with van der Waals surface area (Å²) in [4.78, 5) is 14.0. The molecule has 1 atom stereocenters. The van der Waals surface area contributed by atoms with E-state index in [4.69, 9.17) is 5.11 Å². The third-order valence-electron chi connectivity index (χ3n) is 3.32. The van der Waals surface area contributed by atoms with Crippen LogP contribution >= 0.6 is 0 Å². The van der Waals surface area contributed by atoms with Gasteiger partial charge in [-0.1, -0.05) is 17.9 Å². The van der Waals surface area contributed by atoms with Gasteiger partial charge in [-0.25, -0.2) is 0 Å². The summed E-state index contributed by atoms with van der Waals surface area (Å²) in [5, 5.41) is 18.2. The number of hydrogen-bond donors (Lipinski definition) is 2. The number of amides is 1. The Hall–Kier alpha value is -1.83. The summed E-state index contributed by atoms with van der Waals surface area (Å²) < 4.78 is 0. The van der Waals surface area contributed by atoms with Crippen molar-refractivity contribution in [3.63, 3.8) is 0 Å². The fourth-order valence-electron chi connectivity index (χ4n) is 2.23.